The number of nitrogens with one attached hydrogen (secondary N) is 1. The quantitative estimate of drug-likeness (QED) is 0.0305. The van der Waals surface area contributed by atoms with Crippen LogP contribution in [-0.4, -0.2) is 117 Å². The third-order valence-corrected chi connectivity index (χ3v) is 17.6. The van der Waals surface area contributed by atoms with Crippen molar-refractivity contribution in [2.24, 2.45) is 5.92 Å². The van der Waals surface area contributed by atoms with Crippen LogP contribution >= 0.6 is 19.4 Å². The molecule has 1 fully saturated rings. The van der Waals surface area contributed by atoms with E-state index in [1.54, 1.807) is 0 Å². The van der Waals surface area contributed by atoms with Gasteiger partial charge in [0.25, 0.3) is 5.92 Å². The fourth-order valence-electron chi connectivity index (χ4n) is 9.05. The average molecular weight is 1230 g/mol. The summed E-state index contributed by atoms with van der Waals surface area (Å²) in [6.45, 7) is -0.0827. The zero-order valence-electron chi connectivity index (χ0n) is 42.8. The Kier molecular flexibility index (Phi) is 16.3. The molecule has 3 heterocycles. The summed E-state index contributed by atoms with van der Waals surface area (Å²) in [6, 6.07) is 3.03. The molecule has 0 unspecified atom stereocenters. The number of anilines is 1. The molecule has 3 amide bonds. The molecule has 438 valence electrons. The van der Waals surface area contributed by atoms with E-state index in [4.69, 9.17) is 26.1 Å². The number of ether oxygens (including phenoxy) is 1. The van der Waals surface area contributed by atoms with Crippen molar-refractivity contribution in [1.29, 1.82) is 0 Å². The van der Waals surface area contributed by atoms with E-state index in [2.05, 4.69) is 25.0 Å². The minimum absolute atomic E-state index is 0.00949. The number of sulfone groups is 1. The van der Waals surface area contributed by atoms with Gasteiger partial charge in [-0.3, -0.25) is 19.1 Å². The molecule has 1 saturated carbocycles. The highest BCUT2D eigenvalue weighted by Crippen LogP contribution is 2.68. The normalized spacial score (nSPS) is 17.0. The first kappa shape index (κ1) is 61.7. The summed E-state index contributed by atoms with van der Waals surface area (Å²) in [5.41, 5.74) is -8.14. The van der Waals surface area contributed by atoms with Crippen molar-refractivity contribution in [3.63, 3.8) is 0 Å². The first-order valence-electron chi connectivity index (χ1n) is 23.4. The molecular formula is C46H48ClF10N8O12PS2. The molecule has 0 saturated heterocycles. The van der Waals surface area contributed by atoms with E-state index in [0.29, 0.717) is 17.2 Å². The molecule has 0 spiro atoms. The van der Waals surface area contributed by atoms with Crippen LogP contribution < -0.4 is 9.62 Å². The van der Waals surface area contributed by atoms with Crippen molar-refractivity contribution >= 4 is 73.9 Å². The summed E-state index contributed by atoms with van der Waals surface area (Å²) in [7, 11) is -13.3. The molecule has 0 aliphatic heterocycles. The summed E-state index contributed by atoms with van der Waals surface area (Å²) in [5.74, 6) is -12.9. The Hall–Kier alpha value is -5.92. The highest BCUT2D eigenvalue weighted by molar-refractivity contribution is 7.93. The molecule has 20 nitrogen and oxygen atoms in total. The molecule has 80 heavy (non-hydrogen) atoms. The van der Waals surface area contributed by atoms with Crippen LogP contribution in [0.5, 0.6) is 0 Å². The van der Waals surface area contributed by atoms with Gasteiger partial charge in [-0.2, -0.15) is 49.6 Å². The number of phosphoric ester groups is 1. The van der Waals surface area contributed by atoms with Crippen molar-refractivity contribution in [2.45, 2.75) is 107 Å². The fraction of sp³-hybridized carbons (Fsp3) is 0.478. The Labute approximate surface area is 453 Å². The van der Waals surface area contributed by atoms with Crippen molar-refractivity contribution in [3.05, 3.63) is 93.0 Å². The van der Waals surface area contributed by atoms with Gasteiger partial charge < -0.3 is 24.7 Å². The maximum Gasteiger partial charge on any atom is 0.472 e. The number of nitrogens with zero attached hydrogens (tertiary/aromatic N) is 7. The summed E-state index contributed by atoms with van der Waals surface area (Å²) in [5, 5.41) is 8.43. The summed E-state index contributed by atoms with van der Waals surface area (Å²) in [4.78, 5) is 65.0. The van der Waals surface area contributed by atoms with Crippen LogP contribution in [0.15, 0.2) is 42.5 Å². The predicted molar refractivity (Wildman–Crippen MR) is 263 cm³/mol. The number of aryl methyl sites for hydroxylation is 1. The number of fused-ring (bicyclic) bond motifs is 4. The average Bonchev–Trinajstić information content (AvgIpc) is 3.83. The van der Waals surface area contributed by atoms with Gasteiger partial charge in [0.2, 0.25) is 22.7 Å². The number of sulfonamides is 1. The number of carbonyl (C=O) groups excluding carboxylic acids is 3. The number of alkyl halides is 8. The number of hydrogen-bond donors (Lipinski definition) is 3. The number of esters is 1. The van der Waals surface area contributed by atoms with Crippen LogP contribution in [0.1, 0.15) is 86.4 Å². The van der Waals surface area contributed by atoms with Gasteiger partial charge in [0.1, 0.15) is 36.0 Å². The van der Waals surface area contributed by atoms with E-state index in [1.165, 1.54) is 26.0 Å². The molecule has 0 radical (unpaired) electrons. The van der Waals surface area contributed by atoms with Crippen LogP contribution in [0.2, 0.25) is 5.02 Å². The first-order chi connectivity index (χ1) is 36.4. The largest absolute Gasteiger partial charge is 0.472 e. The number of carbonyl (C=O) groups is 3. The van der Waals surface area contributed by atoms with Gasteiger partial charge in [-0.05, 0) is 89.1 Å². The Balaban J connectivity index is 1.45. The van der Waals surface area contributed by atoms with Crippen LogP contribution in [0.4, 0.5) is 54.5 Å². The lowest BCUT2D eigenvalue weighted by molar-refractivity contribution is -0.161. The number of hydrogen-bond acceptors (Lipinski definition) is 13. The van der Waals surface area contributed by atoms with E-state index in [9.17, 15) is 70.9 Å². The zero-order chi connectivity index (χ0) is 60.0. The number of urea groups is 1. The van der Waals surface area contributed by atoms with Gasteiger partial charge >= 0.3 is 32.2 Å². The Bertz CT molecular complexity index is 3590. The van der Waals surface area contributed by atoms with Gasteiger partial charge in [0.15, 0.2) is 21.3 Å². The Morgan fingerprint density at radius 1 is 0.938 bits per heavy atom. The predicted octanol–water partition coefficient (Wildman–Crippen LogP) is 8.08. The number of phosphoric acid groups is 1. The highest BCUT2D eigenvalue weighted by atomic mass is 35.5. The summed E-state index contributed by atoms with van der Waals surface area (Å²) >= 11 is 6.69. The van der Waals surface area contributed by atoms with Crippen molar-refractivity contribution in [2.75, 3.05) is 30.7 Å². The fourth-order valence-corrected chi connectivity index (χ4v) is 10.8. The standard InChI is InChI=1S/C46H48ClF10N8O12PS2/c1-42(2,79(6,72)73)13-12-25-8-9-26(35(58-25)31(16-22-14-23(48)17-24(49)15-22)59-32(66)19-63-38-33(37(60-63)46(55,56)57)28-18-29(28)45(38,53)54)27-10-11-30(47)34-36(27)64(20-44(50,51)52)61-39(34)65(80(7,74)75)41(68)62(5)43(3,4)40(67)76-21-77-78(69,70)71/h8-11,14-15,17,28-29,31H,12-13,16,18-21H2,1-7H3,(H,59,66)(H2,69,70,71)/t28-,29+,31-/m0/s1. The second kappa shape index (κ2) is 21.1. The molecule has 3 N–H and O–H groups in total. The molecule has 2 aliphatic carbocycles. The van der Waals surface area contributed by atoms with E-state index in [-0.39, 0.29) is 49.8 Å². The summed E-state index contributed by atoms with van der Waals surface area (Å²) < 4.78 is 220. The van der Waals surface area contributed by atoms with Gasteiger partial charge in [0, 0.05) is 47.7 Å². The second-order valence-corrected chi connectivity index (χ2v) is 26.3. The van der Waals surface area contributed by atoms with Gasteiger partial charge in [-0.15, -0.1) is 0 Å². The third kappa shape index (κ3) is 12.7. The van der Waals surface area contributed by atoms with Crippen LogP contribution in [0, 0.1) is 17.6 Å². The number of rotatable bonds is 19. The van der Waals surface area contributed by atoms with E-state index in [1.807, 2.05) is 0 Å². The lowest BCUT2D eigenvalue weighted by Gasteiger charge is -2.35. The molecule has 3 aromatic heterocycles. The minimum Gasteiger partial charge on any atom is -0.436 e. The molecule has 3 atom stereocenters. The Morgan fingerprint density at radius 2 is 1.55 bits per heavy atom. The summed E-state index contributed by atoms with van der Waals surface area (Å²) in [6.07, 6.45) is -10.5. The number of aromatic nitrogens is 5. The van der Waals surface area contributed by atoms with Crippen molar-refractivity contribution in [3.8, 4) is 11.1 Å². The van der Waals surface area contributed by atoms with E-state index >= 15 is 8.78 Å². The smallest absolute Gasteiger partial charge is 0.436 e. The minimum atomic E-state index is -5.25. The second-order valence-electron chi connectivity index (χ2n) is 20.2. The molecular weight excluding hydrogens is 1180 g/mol. The molecule has 7 rings (SSSR count). The number of amides is 3. The SMILES string of the molecule is CN(C(=O)N(c1nn(CC(F)(F)F)c2c(-c3ccc(CCC(C)(C)S(C)(=O)=O)nc3[C@H](Cc3cc(F)cc(F)c3)NC(=O)Cn3nc(C(F)(F)F)c4c3C(F)(F)[C@@H]3C[C@H]43)ccc(Cl)c12)S(C)(=O)=O)C(C)(C)C(=O)OCOP(=O)(O)O. The zero-order valence-corrected chi connectivity index (χ0v) is 46.0. The lowest BCUT2D eigenvalue weighted by Crippen LogP contribution is -2.57. The van der Waals surface area contributed by atoms with Crippen molar-refractivity contribution in [1.82, 2.24) is 34.8 Å². The van der Waals surface area contributed by atoms with Crippen LogP contribution in [0.3, 0.4) is 0 Å². The van der Waals surface area contributed by atoms with Gasteiger partial charge in [-0.25, -0.2) is 44.3 Å². The van der Waals surface area contributed by atoms with Gasteiger partial charge in [-0.1, -0.05) is 23.7 Å². The van der Waals surface area contributed by atoms with E-state index in [0.717, 1.165) is 51.4 Å². The third-order valence-electron chi connectivity index (χ3n) is 13.7. The topological polar surface area (TPSA) is 263 Å². The molecule has 2 aromatic carbocycles. The van der Waals surface area contributed by atoms with Crippen LogP contribution in [0.25, 0.3) is 22.0 Å². The van der Waals surface area contributed by atoms with Gasteiger partial charge in [0.05, 0.1) is 38.7 Å². The maximum absolute atomic E-state index is 15.7. The number of pyridine rings is 1. The highest BCUT2D eigenvalue weighted by Gasteiger charge is 2.68. The van der Waals surface area contributed by atoms with Crippen LogP contribution in [-0.2, 0) is 81.3 Å². The molecule has 34 heteroatoms. The lowest BCUT2D eigenvalue weighted by atomic mass is 9.93. The first-order valence-corrected chi connectivity index (χ1v) is 29.0. The molecule has 0 bridgehead atoms. The van der Waals surface area contributed by atoms with Crippen molar-refractivity contribution < 1.29 is 98.7 Å². The number of likely N-dealkylation sites (N-methyl/N-ethyl adjacent to an activating group) is 1. The Morgan fingerprint density at radius 3 is 2.11 bits per heavy atom. The number of benzene rings is 2. The van der Waals surface area contributed by atoms with E-state index < -0.39 is 180 Å². The molecule has 5 aromatic rings. The molecule has 2 aliphatic rings. The monoisotopic (exact) mass is 1220 g/mol. The number of halogens is 11. The maximum atomic E-state index is 15.7.